The Morgan fingerprint density at radius 2 is 1.65 bits per heavy atom. The third-order valence-electron chi connectivity index (χ3n) is 4.19. The molecule has 2 aromatic carbocycles. The van der Waals surface area contributed by atoms with Crippen LogP contribution in [0.15, 0.2) is 60.8 Å². The van der Waals surface area contributed by atoms with Gasteiger partial charge in [-0.3, -0.25) is 4.79 Å². The average molecular weight is 345 g/mol. The molecule has 132 valence electrons. The Hall–Kier alpha value is -3.14. The number of nitrogens with zero attached hydrogens (tertiary/aromatic N) is 1. The van der Waals surface area contributed by atoms with E-state index < -0.39 is 0 Å². The first-order chi connectivity index (χ1) is 12.5. The van der Waals surface area contributed by atoms with Crippen molar-refractivity contribution in [1.82, 2.24) is 4.98 Å². The second kappa shape index (κ2) is 7.83. The van der Waals surface area contributed by atoms with Crippen molar-refractivity contribution >= 4 is 23.1 Å². The van der Waals surface area contributed by atoms with Gasteiger partial charge in [0.05, 0.1) is 18.3 Å². The van der Waals surface area contributed by atoms with Gasteiger partial charge >= 0.3 is 0 Å². The zero-order valence-electron chi connectivity index (χ0n) is 15.3. The Bertz CT molecular complexity index is 900. The highest BCUT2D eigenvalue weighted by Crippen LogP contribution is 2.21. The van der Waals surface area contributed by atoms with Crippen LogP contribution < -0.4 is 10.6 Å². The molecule has 3 rings (SSSR count). The maximum atomic E-state index is 12.2. The zero-order valence-corrected chi connectivity index (χ0v) is 15.3. The first-order valence-corrected chi connectivity index (χ1v) is 8.65. The van der Waals surface area contributed by atoms with E-state index in [2.05, 4.69) is 47.7 Å². The van der Waals surface area contributed by atoms with Crippen molar-refractivity contribution in [2.45, 2.75) is 27.2 Å². The largest absolute Gasteiger partial charge is 0.340 e. The second-order valence-electron chi connectivity index (χ2n) is 6.59. The molecule has 0 saturated carbocycles. The lowest BCUT2D eigenvalue weighted by Gasteiger charge is -2.11. The molecule has 0 aliphatic rings. The molecule has 0 fully saturated rings. The van der Waals surface area contributed by atoms with E-state index in [0.29, 0.717) is 12.1 Å². The van der Waals surface area contributed by atoms with Crippen LogP contribution in [0.5, 0.6) is 0 Å². The topological polar surface area (TPSA) is 54.0 Å². The van der Waals surface area contributed by atoms with Gasteiger partial charge in [0.15, 0.2) is 0 Å². The molecule has 4 nitrogen and oxygen atoms in total. The predicted octanol–water partition coefficient (Wildman–Crippen LogP) is 4.93. The SMILES string of the molecule is Cc1ccc(CC(=O)Nc2ccc(Nc3cc(C)ccc3C)nc2)cc1. The van der Waals surface area contributed by atoms with Crippen molar-refractivity contribution in [2.24, 2.45) is 0 Å². The standard InChI is InChI=1S/C22H23N3O/c1-15-5-8-18(9-6-15)13-22(26)24-19-10-11-21(23-14-19)25-20-12-16(2)4-7-17(20)3/h4-12,14H,13H2,1-3H3,(H,23,25)(H,24,26). The zero-order chi connectivity index (χ0) is 18.5. The number of rotatable bonds is 5. The molecular weight excluding hydrogens is 322 g/mol. The summed E-state index contributed by atoms with van der Waals surface area (Å²) in [5, 5.41) is 6.20. The molecule has 4 heteroatoms. The molecule has 0 aliphatic carbocycles. The minimum Gasteiger partial charge on any atom is -0.340 e. The highest BCUT2D eigenvalue weighted by atomic mass is 16.1. The number of carbonyl (C=O) groups excluding carboxylic acids is 1. The maximum Gasteiger partial charge on any atom is 0.228 e. The molecule has 2 N–H and O–H groups in total. The summed E-state index contributed by atoms with van der Waals surface area (Å²) in [4.78, 5) is 16.6. The molecule has 3 aromatic rings. The predicted molar refractivity (Wildman–Crippen MR) is 107 cm³/mol. The van der Waals surface area contributed by atoms with Crippen LogP contribution in [-0.2, 0) is 11.2 Å². The number of hydrogen-bond donors (Lipinski definition) is 2. The lowest BCUT2D eigenvalue weighted by atomic mass is 10.1. The summed E-state index contributed by atoms with van der Waals surface area (Å²) in [5.41, 5.74) is 6.26. The highest BCUT2D eigenvalue weighted by Gasteiger charge is 2.05. The molecule has 1 amide bonds. The molecular formula is C22H23N3O. The molecule has 0 aliphatic heterocycles. The summed E-state index contributed by atoms with van der Waals surface area (Å²) in [6.45, 7) is 6.15. The monoisotopic (exact) mass is 345 g/mol. The lowest BCUT2D eigenvalue weighted by molar-refractivity contribution is -0.115. The third-order valence-corrected chi connectivity index (χ3v) is 4.19. The van der Waals surface area contributed by atoms with Crippen molar-refractivity contribution in [1.29, 1.82) is 0 Å². The number of carbonyl (C=O) groups is 1. The quantitative estimate of drug-likeness (QED) is 0.689. The molecule has 1 aromatic heterocycles. The first-order valence-electron chi connectivity index (χ1n) is 8.65. The van der Waals surface area contributed by atoms with Gasteiger partial charge in [0, 0.05) is 5.69 Å². The van der Waals surface area contributed by atoms with Crippen LogP contribution in [0.2, 0.25) is 0 Å². The molecule has 0 atom stereocenters. The van der Waals surface area contributed by atoms with Crippen LogP contribution in [0.3, 0.4) is 0 Å². The van der Waals surface area contributed by atoms with Crippen molar-refractivity contribution in [3.05, 3.63) is 83.0 Å². The van der Waals surface area contributed by atoms with Gasteiger partial charge in [-0.2, -0.15) is 0 Å². The minimum absolute atomic E-state index is 0.0501. The Labute approximate surface area is 154 Å². The Morgan fingerprint density at radius 3 is 2.35 bits per heavy atom. The Morgan fingerprint density at radius 1 is 0.923 bits per heavy atom. The van der Waals surface area contributed by atoms with Gasteiger partial charge < -0.3 is 10.6 Å². The summed E-state index contributed by atoms with van der Waals surface area (Å²) < 4.78 is 0. The van der Waals surface area contributed by atoms with Gasteiger partial charge in [0.25, 0.3) is 0 Å². The van der Waals surface area contributed by atoms with E-state index in [1.54, 1.807) is 6.20 Å². The molecule has 0 bridgehead atoms. The third kappa shape index (κ3) is 4.70. The van der Waals surface area contributed by atoms with Crippen LogP contribution in [0, 0.1) is 20.8 Å². The molecule has 0 saturated heterocycles. The van der Waals surface area contributed by atoms with E-state index >= 15 is 0 Å². The van der Waals surface area contributed by atoms with E-state index in [1.807, 2.05) is 43.3 Å². The number of anilines is 3. The van der Waals surface area contributed by atoms with E-state index in [4.69, 9.17) is 0 Å². The van der Waals surface area contributed by atoms with Crippen LogP contribution in [0.25, 0.3) is 0 Å². The fourth-order valence-corrected chi connectivity index (χ4v) is 2.65. The fraction of sp³-hybridized carbons (Fsp3) is 0.182. The number of benzene rings is 2. The lowest BCUT2D eigenvalue weighted by Crippen LogP contribution is -2.14. The van der Waals surface area contributed by atoms with Gasteiger partial charge in [-0.1, -0.05) is 42.0 Å². The van der Waals surface area contributed by atoms with E-state index in [9.17, 15) is 4.79 Å². The maximum absolute atomic E-state index is 12.2. The number of aromatic nitrogens is 1. The van der Waals surface area contributed by atoms with Crippen molar-refractivity contribution in [3.63, 3.8) is 0 Å². The van der Waals surface area contributed by atoms with Crippen molar-refractivity contribution in [3.8, 4) is 0 Å². The molecule has 0 radical (unpaired) electrons. The summed E-state index contributed by atoms with van der Waals surface area (Å²) in [6, 6.07) is 18.0. The van der Waals surface area contributed by atoms with Crippen molar-refractivity contribution in [2.75, 3.05) is 10.6 Å². The van der Waals surface area contributed by atoms with Crippen LogP contribution in [0.4, 0.5) is 17.2 Å². The molecule has 0 spiro atoms. The summed E-state index contributed by atoms with van der Waals surface area (Å²) >= 11 is 0. The second-order valence-corrected chi connectivity index (χ2v) is 6.59. The molecule has 26 heavy (non-hydrogen) atoms. The van der Waals surface area contributed by atoms with Gasteiger partial charge in [0.1, 0.15) is 5.82 Å². The smallest absolute Gasteiger partial charge is 0.228 e. The summed E-state index contributed by atoms with van der Waals surface area (Å²) in [6.07, 6.45) is 2.02. The normalized spacial score (nSPS) is 10.4. The van der Waals surface area contributed by atoms with Gasteiger partial charge in [0.2, 0.25) is 5.91 Å². The Kier molecular flexibility index (Phi) is 5.32. The van der Waals surface area contributed by atoms with Gasteiger partial charge in [-0.25, -0.2) is 4.98 Å². The van der Waals surface area contributed by atoms with Gasteiger partial charge in [-0.15, -0.1) is 0 Å². The van der Waals surface area contributed by atoms with Crippen LogP contribution in [-0.4, -0.2) is 10.9 Å². The van der Waals surface area contributed by atoms with Crippen LogP contribution >= 0.6 is 0 Å². The first kappa shape index (κ1) is 17.7. The number of hydrogen-bond acceptors (Lipinski definition) is 3. The van der Waals surface area contributed by atoms with E-state index in [1.165, 1.54) is 11.1 Å². The number of amides is 1. The van der Waals surface area contributed by atoms with Crippen molar-refractivity contribution < 1.29 is 4.79 Å². The van der Waals surface area contributed by atoms with E-state index in [-0.39, 0.29) is 5.91 Å². The fourth-order valence-electron chi connectivity index (χ4n) is 2.65. The van der Waals surface area contributed by atoms with Gasteiger partial charge in [-0.05, 0) is 55.7 Å². The van der Waals surface area contributed by atoms with E-state index in [0.717, 1.165) is 22.6 Å². The molecule has 0 unspecified atom stereocenters. The molecule has 1 heterocycles. The van der Waals surface area contributed by atoms with Crippen LogP contribution in [0.1, 0.15) is 22.3 Å². The average Bonchev–Trinajstić information content (AvgIpc) is 2.62. The highest BCUT2D eigenvalue weighted by molar-refractivity contribution is 5.92. The summed E-state index contributed by atoms with van der Waals surface area (Å²) in [7, 11) is 0. The number of pyridine rings is 1. The summed E-state index contributed by atoms with van der Waals surface area (Å²) in [5.74, 6) is 0.695. The minimum atomic E-state index is -0.0501. The number of nitrogens with one attached hydrogen (secondary N) is 2. The Balaban J connectivity index is 1.61. The number of aryl methyl sites for hydroxylation is 3.